The summed E-state index contributed by atoms with van der Waals surface area (Å²) in [6.45, 7) is 8.39. The van der Waals surface area contributed by atoms with E-state index in [2.05, 4.69) is 13.8 Å². The van der Waals surface area contributed by atoms with Crippen molar-refractivity contribution in [1.29, 1.82) is 0 Å². The van der Waals surface area contributed by atoms with Gasteiger partial charge in [0.15, 0.2) is 0 Å². The quantitative estimate of drug-likeness (QED) is 0.566. The van der Waals surface area contributed by atoms with Gasteiger partial charge in [-0.15, -0.1) is 0 Å². The largest absolute Gasteiger partial charge is 0.497 e. The van der Waals surface area contributed by atoms with Crippen LogP contribution in [0.1, 0.15) is 25.8 Å². The standard InChI is InChI=1S/C18H24N2O2S2/c1-4-19(5-2)11-6-12-20-17(21)16(24-18(20)23)13-14-7-9-15(22-3)10-8-14/h7-10,13H,4-6,11-12H2,1-3H3/p+1/b16-13-. The molecule has 0 aromatic heterocycles. The van der Waals surface area contributed by atoms with Gasteiger partial charge in [0.1, 0.15) is 10.1 Å². The Kier molecular flexibility index (Phi) is 7.27. The smallest absolute Gasteiger partial charge is 0.266 e. The highest BCUT2D eigenvalue weighted by Crippen LogP contribution is 2.32. The topological polar surface area (TPSA) is 34.0 Å². The normalized spacial score (nSPS) is 16.5. The number of methoxy groups -OCH3 is 1. The molecule has 6 heteroatoms. The van der Waals surface area contributed by atoms with Crippen LogP contribution < -0.4 is 9.64 Å². The molecule has 24 heavy (non-hydrogen) atoms. The number of nitrogens with zero attached hydrogens (tertiary/aromatic N) is 1. The third-order valence-electron chi connectivity index (χ3n) is 4.20. The first-order valence-electron chi connectivity index (χ1n) is 8.32. The number of benzene rings is 1. The number of carbonyl (C=O) groups is 1. The number of hydrogen-bond acceptors (Lipinski definition) is 4. The van der Waals surface area contributed by atoms with E-state index in [9.17, 15) is 4.79 Å². The van der Waals surface area contributed by atoms with Gasteiger partial charge in [-0.05, 0) is 37.6 Å². The lowest BCUT2D eigenvalue weighted by Crippen LogP contribution is -3.11. The predicted octanol–water partition coefficient (Wildman–Crippen LogP) is 2.21. The summed E-state index contributed by atoms with van der Waals surface area (Å²) in [7, 11) is 1.64. The van der Waals surface area contributed by atoms with Crippen LogP contribution in [0, 0.1) is 0 Å². The lowest BCUT2D eigenvalue weighted by Gasteiger charge is -2.18. The Morgan fingerprint density at radius 2 is 1.92 bits per heavy atom. The lowest BCUT2D eigenvalue weighted by atomic mass is 10.2. The number of hydrogen-bond donors (Lipinski definition) is 1. The van der Waals surface area contributed by atoms with Crippen LogP contribution >= 0.6 is 24.0 Å². The summed E-state index contributed by atoms with van der Waals surface area (Å²) in [6.07, 6.45) is 2.87. The van der Waals surface area contributed by atoms with E-state index in [1.165, 1.54) is 11.8 Å². The molecule has 1 fully saturated rings. The lowest BCUT2D eigenvalue weighted by molar-refractivity contribution is -0.896. The molecule has 1 heterocycles. The molecule has 0 aliphatic carbocycles. The zero-order chi connectivity index (χ0) is 17.5. The van der Waals surface area contributed by atoms with Crippen molar-refractivity contribution in [3.63, 3.8) is 0 Å². The van der Waals surface area contributed by atoms with E-state index in [1.54, 1.807) is 16.9 Å². The summed E-state index contributed by atoms with van der Waals surface area (Å²) in [5.74, 6) is 0.828. The van der Waals surface area contributed by atoms with Crippen molar-refractivity contribution < 1.29 is 14.4 Å². The molecule has 0 spiro atoms. The Morgan fingerprint density at radius 1 is 1.25 bits per heavy atom. The molecule has 1 amide bonds. The molecule has 1 aliphatic heterocycles. The van der Waals surface area contributed by atoms with Crippen molar-refractivity contribution >= 4 is 40.3 Å². The summed E-state index contributed by atoms with van der Waals surface area (Å²) in [5.41, 5.74) is 0.976. The van der Waals surface area contributed by atoms with Gasteiger partial charge in [0.25, 0.3) is 5.91 Å². The van der Waals surface area contributed by atoms with Gasteiger partial charge in [-0.2, -0.15) is 0 Å². The maximum Gasteiger partial charge on any atom is 0.266 e. The fourth-order valence-electron chi connectivity index (χ4n) is 2.64. The zero-order valence-electron chi connectivity index (χ0n) is 14.5. The van der Waals surface area contributed by atoms with E-state index in [4.69, 9.17) is 17.0 Å². The van der Waals surface area contributed by atoms with E-state index in [-0.39, 0.29) is 5.91 Å². The average Bonchev–Trinajstić information content (AvgIpc) is 2.86. The number of nitrogens with one attached hydrogen (secondary N) is 1. The molecule has 1 aromatic carbocycles. The minimum Gasteiger partial charge on any atom is -0.497 e. The van der Waals surface area contributed by atoms with Crippen molar-refractivity contribution in [2.24, 2.45) is 0 Å². The number of thiocarbonyl (C=S) groups is 1. The van der Waals surface area contributed by atoms with E-state index in [1.807, 2.05) is 30.3 Å². The first-order valence-corrected chi connectivity index (χ1v) is 9.54. The molecule has 1 saturated heterocycles. The second kappa shape index (κ2) is 9.20. The molecule has 0 unspecified atom stereocenters. The Hall–Kier alpha value is -1.37. The van der Waals surface area contributed by atoms with Crippen LogP contribution in [-0.4, -0.2) is 48.4 Å². The summed E-state index contributed by atoms with van der Waals surface area (Å²) in [6, 6.07) is 7.66. The molecular weight excluding hydrogens is 340 g/mol. The molecule has 0 bridgehead atoms. The number of rotatable bonds is 8. The molecule has 1 N–H and O–H groups in total. The van der Waals surface area contributed by atoms with Gasteiger partial charge in [0, 0.05) is 13.0 Å². The number of quaternary nitrogens is 1. The summed E-state index contributed by atoms with van der Waals surface area (Å²) < 4.78 is 5.81. The number of ether oxygens (including phenoxy) is 1. The average molecular weight is 366 g/mol. The second-order valence-electron chi connectivity index (χ2n) is 5.67. The molecule has 0 atom stereocenters. The first-order chi connectivity index (χ1) is 11.6. The molecule has 0 radical (unpaired) electrons. The highest BCUT2D eigenvalue weighted by Gasteiger charge is 2.31. The van der Waals surface area contributed by atoms with Gasteiger partial charge in [-0.3, -0.25) is 9.69 Å². The van der Waals surface area contributed by atoms with Crippen LogP contribution in [0.25, 0.3) is 6.08 Å². The highest BCUT2D eigenvalue weighted by atomic mass is 32.2. The first kappa shape index (κ1) is 19.0. The Morgan fingerprint density at radius 3 is 2.50 bits per heavy atom. The third kappa shape index (κ3) is 4.82. The van der Waals surface area contributed by atoms with Gasteiger partial charge in [0.2, 0.25) is 0 Å². The van der Waals surface area contributed by atoms with Gasteiger partial charge in [-0.1, -0.05) is 36.1 Å². The number of amides is 1. The summed E-state index contributed by atoms with van der Waals surface area (Å²) in [5, 5.41) is 0. The fourth-order valence-corrected chi connectivity index (χ4v) is 3.94. The van der Waals surface area contributed by atoms with E-state index < -0.39 is 0 Å². The Balaban J connectivity index is 1.98. The van der Waals surface area contributed by atoms with Crippen molar-refractivity contribution in [2.45, 2.75) is 20.3 Å². The van der Waals surface area contributed by atoms with Crippen molar-refractivity contribution in [3.8, 4) is 5.75 Å². The van der Waals surface area contributed by atoms with Crippen molar-refractivity contribution in [1.82, 2.24) is 4.90 Å². The SMILES string of the molecule is CC[NH+](CC)CCCN1C(=O)/C(=C/c2ccc(OC)cc2)SC1=S. The maximum atomic E-state index is 12.6. The molecule has 2 rings (SSSR count). The van der Waals surface area contributed by atoms with Crippen LogP contribution in [-0.2, 0) is 4.79 Å². The fraction of sp³-hybridized carbons (Fsp3) is 0.444. The maximum absolute atomic E-state index is 12.6. The molecule has 4 nitrogen and oxygen atoms in total. The van der Waals surface area contributed by atoms with Crippen molar-refractivity contribution in [3.05, 3.63) is 34.7 Å². The minimum absolute atomic E-state index is 0.0235. The van der Waals surface area contributed by atoms with Crippen LogP contribution in [0.15, 0.2) is 29.2 Å². The monoisotopic (exact) mass is 365 g/mol. The Bertz CT molecular complexity index is 610. The van der Waals surface area contributed by atoms with Crippen molar-refractivity contribution in [2.75, 3.05) is 33.3 Å². The molecular formula is C18H25N2O2S2+. The highest BCUT2D eigenvalue weighted by molar-refractivity contribution is 8.26. The van der Waals surface area contributed by atoms with Gasteiger partial charge < -0.3 is 9.64 Å². The number of carbonyl (C=O) groups excluding carboxylic acids is 1. The molecule has 130 valence electrons. The van der Waals surface area contributed by atoms with E-state index in [0.29, 0.717) is 15.8 Å². The third-order valence-corrected chi connectivity index (χ3v) is 5.58. The minimum atomic E-state index is 0.0235. The van der Waals surface area contributed by atoms with Crippen LogP contribution in [0.2, 0.25) is 0 Å². The summed E-state index contributed by atoms with van der Waals surface area (Å²) in [4.78, 5) is 16.6. The predicted molar refractivity (Wildman–Crippen MR) is 104 cm³/mol. The van der Waals surface area contributed by atoms with Gasteiger partial charge in [0.05, 0.1) is 31.6 Å². The van der Waals surface area contributed by atoms with Gasteiger partial charge in [-0.25, -0.2) is 0 Å². The number of thioether (sulfide) groups is 1. The molecule has 1 aliphatic rings. The van der Waals surface area contributed by atoms with E-state index >= 15 is 0 Å². The summed E-state index contributed by atoms with van der Waals surface area (Å²) >= 11 is 6.77. The Labute approximate surface area is 153 Å². The zero-order valence-corrected chi connectivity index (χ0v) is 16.1. The van der Waals surface area contributed by atoms with Crippen LogP contribution in [0.5, 0.6) is 5.75 Å². The molecule has 1 aromatic rings. The van der Waals surface area contributed by atoms with Crippen LogP contribution in [0.4, 0.5) is 0 Å². The second-order valence-corrected chi connectivity index (χ2v) is 7.34. The van der Waals surface area contributed by atoms with E-state index in [0.717, 1.165) is 37.4 Å². The molecule has 0 saturated carbocycles. The van der Waals surface area contributed by atoms with Crippen LogP contribution in [0.3, 0.4) is 0 Å². The van der Waals surface area contributed by atoms with Gasteiger partial charge >= 0.3 is 0 Å².